The van der Waals surface area contributed by atoms with Crippen LogP contribution in [-0.2, 0) is 0 Å². The lowest BCUT2D eigenvalue weighted by Crippen LogP contribution is -2.49. The fraction of sp³-hybridized carbons (Fsp3) is 0.0526. The summed E-state index contributed by atoms with van der Waals surface area (Å²) in [6.07, 6.45) is 1.81. The highest BCUT2D eigenvalue weighted by atomic mass is 16.7. The van der Waals surface area contributed by atoms with Crippen LogP contribution in [0.1, 0.15) is 10.4 Å². The predicted octanol–water partition coefficient (Wildman–Crippen LogP) is 2.75. The zero-order chi connectivity index (χ0) is 16.4. The summed E-state index contributed by atoms with van der Waals surface area (Å²) >= 11 is 0. The lowest BCUT2D eigenvalue weighted by atomic mass is 10.1. The van der Waals surface area contributed by atoms with Crippen LogP contribution in [0.15, 0.2) is 72.9 Å². The summed E-state index contributed by atoms with van der Waals surface area (Å²) in [5.74, 6) is 1.26. The van der Waals surface area contributed by atoms with Crippen molar-refractivity contribution in [3.63, 3.8) is 0 Å². The largest absolute Gasteiger partial charge is 0.454 e. The minimum atomic E-state index is -0.172. The van der Waals surface area contributed by atoms with Gasteiger partial charge in [-0.2, -0.15) is 0 Å². The van der Waals surface area contributed by atoms with E-state index >= 15 is 0 Å². The lowest BCUT2D eigenvalue weighted by molar-refractivity contribution is -0.630. The highest BCUT2D eigenvalue weighted by Gasteiger charge is 2.20. The van der Waals surface area contributed by atoms with Crippen molar-refractivity contribution < 1.29 is 18.9 Å². The van der Waals surface area contributed by atoms with E-state index in [-0.39, 0.29) is 12.7 Å². The smallest absolute Gasteiger partial charge is 0.305 e. The molecule has 0 spiro atoms. The number of carbonyl (C=O) groups excluding carboxylic acids is 1. The lowest BCUT2D eigenvalue weighted by Gasteiger charge is -2.05. The quantitative estimate of drug-likeness (QED) is 0.755. The third kappa shape index (κ3) is 2.67. The number of hydrogen-bond donors (Lipinski definition) is 1. The number of rotatable bonds is 3. The summed E-state index contributed by atoms with van der Waals surface area (Å²) in [5.41, 5.74) is 5.27. The number of pyridine rings is 1. The van der Waals surface area contributed by atoms with Crippen molar-refractivity contribution in [2.45, 2.75) is 0 Å². The number of ether oxygens (including phenoxy) is 2. The van der Waals surface area contributed by atoms with E-state index in [4.69, 9.17) is 9.47 Å². The maximum Gasteiger partial charge on any atom is 0.305 e. The molecule has 1 aliphatic heterocycles. The molecule has 3 aromatic rings. The monoisotopic (exact) mass is 319 g/mol. The summed E-state index contributed by atoms with van der Waals surface area (Å²) in [5, 5.41) is 0. The molecule has 1 N–H and O–H groups in total. The topological polar surface area (TPSA) is 51.4 Å². The summed E-state index contributed by atoms with van der Waals surface area (Å²) < 4.78 is 12.5. The molecule has 1 aromatic heterocycles. The first-order chi connectivity index (χ1) is 11.8. The molecule has 0 aliphatic carbocycles. The van der Waals surface area contributed by atoms with Crippen molar-refractivity contribution in [2.24, 2.45) is 0 Å². The Morgan fingerprint density at radius 1 is 0.917 bits per heavy atom. The van der Waals surface area contributed by atoms with Crippen LogP contribution in [0.2, 0.25) is 0 Å². The van der Waals surface area contributed by atoms with E-state index in [0.29, 0.717) is 11.3 Å². The highest BCUT2D eigenvalue weighted by molar-refractivity contribution is 5.98. The Hall–Kier alpha value is -3.34. The van der Waals surface area contributed by atoms with Crippen LogP contribution in [0, 0.1) is 0 Å². The Morgan fingerprint density at radius 3 is 2.58 bits per heavy atom. The predicted molar refractivity (Wildman–Crippen MR) is 88.3 cm³/mol. The number of nitrogens with zero attached hydrogens (tertiary/aromatic N) is 1. The van der Waals surface area contributed by atoms with Crippen molar-refractivity contribution in [3.05, 3.63) is 78.5 Å². The SMILES string of the molecule is O=C(N[n+]1ccccc1-c1ccc2c(c1)OCO2)c1ccccc1. The van der Waals surface area contributed by atoms with Gasteiger partial charge >= 0.3 is 5.91 Å². The van der Waals surface area contributed by atoms with Gasteiger partial charge in [0.15, 0.2) is 11.5 Å². The average molecular weight is 319 g/mol. The Morgan fingerprint density at radius 2 is 1.71 bits per heavy atom. The van der Waals surface area contributed by atoms with Gasteiger partial charge in [0.05, 0.1) is 5.56 Å². The number of nitrogens with one attached hydrogen (secondary N) is 1. The van der Waals surface area contributed by atoms with Crippen molar-refractivity contribution >= 4 is 5.91 Å². The minimum absolute atomic E-state index is 0.172. The number of benzene rings is 2. The number of fused-ring (bicyclic) bond motifs is 1. The molecule has 1 amide bonds. The average Bonchev–Trinajstić information content (AvgIpc) is 3.10. The third-order valence-corrected chi connectivity index (χ3v) is 3.79. The maximum absolute atomic E-state index is 12.4. The molecule has 0 unspecified atom stereocenters. The molecule has 1 aliphatic rings. The van der Waals surface area contributed by atoms with Crippen LogP contribution in [0.4, 0.5) is 0 Å². The van der Waals surface area contributed by atoms with E-state index in [1.807, 2.05) is 54.6 Å². The molecule has 5 nitrogen and oxygen atoms in total. The Kier molecular flexibility index (Phi) is 3.59. The van der Waals surface area contributed by atoms with Gasteiger partial charge in [-0.25, -0.2) is 0 Å². The van der Waals surface area contributed by atoms with Gasteiger partial charge in [0.2, 0.25) is 18.7 Å². The minimum Gasteiger partial charge on any atom is -0.454 e. The first kappa shape index (κ1) is 14.3. The third-order valence-electron chi connectivity index (χ3n) is 3.79. The van der Waals surface area contributed by atoms with E-state index in [0.717, 1.165) is 17.0 Å². The summed E-state index contributed by atoms with van der Waals surface area (Å²) in [4.78, 5) is 12.4. The second kappa shape index (κ2) is 6.04. The van der Waals surface area contributed by atoms with E-state index in [9.17, 15) is 4.79 Å². The zero-order valence-corrected chi connectivity index (χ0v) is 12.8. The molecule has 0 saturated carbocycles. The number of carbonyl (C=O) groups is 1. The highest BCUT2D eigenvalue weighted by Crippen LogP contribution is 2.34. The summed E-state index contributed by atoms with van der Waals surface area (Å²) in [7, 11) is 0. The molecule has 0 fully saturated rings. The van der Waals surface area contributed by atoms with Crippen molar-refractivity contribution in [1.82, 2.24) is 0 Å². The number of amides is 1. The first-order valence-electron chi connectivity index (χ1n) is 7.58. The van der Waals surface area contributed by atoms with Gasteiger partial charge in [0.1, 0.15) is 0 Å². The molecule has 0 saturated heterocycles. The molecule has 0 atom stereocenters. The van der Waals surface area contributed by atoms with Crippen molar-refractivity contribution in [1.29, 1.82) is 0 Å². The molecule has 0 radical (unpaired) electrons. The second-order valence-electron chi connectivity index (χ2n) is 5.33. The molecule has 4 rings (SSSR count). The van der Waals surface area contributed by atoms with Gasteiger partial charge in [-0.3, -0.25) is 4.79 Å². The molecular weight excluding hydrogens is 304 g/mol. The summed E-state index contributed by atoms with van der Waals surface area (Å²) in [6.45, 7) is 0.234. The second-order valence-corrected chi connectivity index (χ2v) is 5.33. The fourth-order valence-corrected chi connectivity index (χ4v) is 2.60. The van der Waals surface area contributed by atoms with Gasteiger partial charge in [0.25, 0.3) is 0 Å². The first-order valence-corrected chi connectivity index (χ1v) is 7.58. The van der Waals surface area contributed by atoms with Crippen LogP contribution in [-0.4, -0.2) is 12.7 Å². The Labute approximate surface area is 139 Å². The maximum atomic E-state index is 12.4. The summed E-state index contributed by atoms with van der Waals surface area (Å²) in [6, 6.07) is 20.5. The van der Waals surface area contributed by atoms with Gasteiger partial charge in [-0.1, -0.05) is 22.9 Å². The molecule has 2 heterocycles. The fourth-order valence-electron chi connectivity index (χ4n) is 2.60. The zero-order valence-electron chi connectivity index (χ0n) is 12.8. The number of aromatic nitrogens is 1. The van der Waals surface area contributed by atoms with E-state index in [1.54, 1.807) is 23.0 Å². The van der Waals surface area contributed by atoms with Gasteiger partial charge in [-0.15, -0.1) is 5.43 Å². The van der Waals surface area contributed by atoms with Crippen LogP contribution >= 0.6 is 0 Å². The van der Waals surface area contributed by atoms with Crippen LogP contribution in [0.25, 0.3) is 11.3 Å². The van der Waals surface area contributed by atoms with E-state index in [2.05, 4.69) is 5.43 Å². The standard InChI is InChI=1S/C19H14N2O3/c22-19(14-6-2-1-3-7-14)20-21-11-5-4-8-16(21)15-9-10-17-18(12-15)24-13-23-17/h1-12H,13H2/p+1. The van der Waals surface area contributed by atoms with Crippen molar-refractivity contribution in [3.8, 4) is 22.8 Å². The van der Waals surface area contributed by atoms with E-state index < -0.39 is 0 Å². The van der Waals surface area contributed by atoms with Crippen LogP contribution < -0.4 is 19.6 Å². The van der Waals surface area contributed by atoms with Gasteiger partial charge in [0, 0.05) is 17.7 Å². The molecule has 2 aromatic carbocycles. The van der Waals surface area contributed by atoms with Crippen LogP contribution in [0.3, 0.4) is 0 Å². The Balaban J connectivity index is 1.67. The molecule has 5 heteroatoms. The molecule has 0 bridgehead atoms. The normalized spacial score (nSPS) is 12.0. The van der Waals surface area contributed by atoms with Gasteiger partial charge < -0.3 is 9.47 Å². The van der Waals surface area contributed by atoms with Crippen molar-refractivity contribution in [2.75, 3.05) is 12.2 Å². The molecule has 24 heavy (non-hydrogen) atoms. The van der Waals surface area contributed by atoms with Crippen LogP contribution in [0.5, 0.6) is 11.5 Å². The number of hydrogen-bond acceptors (Lipinski definition) is 3. The molecular formula is C19H15N2O3+. The Bertz CT molecular complexity index is 894. The van der Waals surface area contributed by atoms with Gasteiger partial charge in [-0.05, 0) is 36.4 Å². The van der Waals surface area contributed by atoms with E-state index in [1.165, 1.54) is 0 Å². The molecule has 118 valence electrons.